The zero-order chi connectivity index (χ0) is 17.9. The number of amides is 1. The molecule has 0 aromatic heterocycles. The standard InChI is InChI=1S/C20H21ClN2O3/c21-16-4-1-14(2-5-16)12-23-9-7-17(8-10-23)22-20(24)15-3-6-18-19(11-15)26-13-25-18/h1-6,11,17H,7-10,12-13H2,(H,22,24). The van der Waals surface area contributed by atoms with Gasteiger partial charge >= 0.3 is 0 Å². The van der Waals surface area contributed by atoms with E-state index in [9.17, 15) is 4.79 Å². The fraction of sp³-hybridized carbons (Fsp3) is 0.350. The second-order valence-electron chi connectivity index (χ2n) is 6.72. The lowest BCUT2D eigenvalue weighted by Gasteiger charge is -2.32. The van der Waals surface area contributed by atoms with E-state index in [1.165, 1.54) is 5.56 Å². The van der Waals surface area contributed by atoms with Crippen molar-refractivity contribution in [3.05, 3.63) is 58.6 Å². The van der Waals surface area contributed by atoms with Gasteiger partial charge in [-0.1, -0.05) is 23.7 Å². The van der Waals surface area contributed by atoms with Crippen molar-refractivity contribution in [1.29, 1.82) is 0 Å². The molecule has 2 aliphatic rings. The third-order valence-corrected chi connectivity index (χ3v) is 5.13. The molecule has 1 saturated heterocycles. The zero-order valence-corrected chi connectivity index (χ0v) is 15.2. The Kier molecular flexibility index (Phi) is 5.00. The fourth-order valence-electron chi connectivity index (χ4n) is 3.39. The van der Waals surface area contributed by atoms with Crippen LogP contribution in [0.25, 0.3) is 0 Å². The van der Waals surface area contributed by atoms with Crippen molar-refractivity contribution in [1.82, 2.24) is 10.2 Å². The van der Waals surface area contributed by atoms with Gasteiger partial charge in [0.1, 0.15) is 0 Å². The molecule has 0 spiro atoms. The van der Waals surface area contributed by atoms with Crippen LogP contribution >= 0.6 is 11.6 Å². The van der Waals surface area contributed by atoms with Crippen molar-refractivity contribution in [2.24, 2.45) is 0 Å². The first-order valence-corrected chi connectivity index (χ1v) is 9.22. The highest BCUT2D eigenvalue weighted by molar-refractivity contribution is 6.30. The lowest BCUT2D eigenvalue weighted by molar-refractivity contribution is 0.0908. The predicted molar refractivity (Wildman–Crippen MR) is 99.8 cm³/mol. The Balaban J connectivity index is 1.28. The lowest BCUT2D eigenvalue weighted by atomic mass is 10.0. The van der Waals surface area contributed by atoms with Gasteiger partial charge in [0, 0.05) is 36.3 Å². The van der Waals surface area contributed by atoms with Crippen LogP contribution in [0.2, 0.25) is 5.02 Å². The number of piperidine rings is 1. The third-order valence-electron chi connectivity index (χ3n) is 4.88. The van der Waals surface area contributed by atoms with E-state index in [0.717, 1.165) is 37.5 Å². The molecule has 2 aromatic rings. The van der Waals surface area contributed by atoms with Crippen molar-refractivity contribution in [3.8, 4) is 11.5 Å². The van der Waals surface area contributed by atoms with Crippen molar-refractivity contribution in [3.63, 3.8) is 0 Å². The molecule has 136 valence electrons. The number of benzene rings is 2. The molecule has 1 fully saturated rings. The Morgan fingerprint density at radius 2 is 1.81 bits per heavy atom. The van der Waals surface area contributed by atoms with E-state index in [4.69, 9.17) is 21.1 Å². The molecular formula is C20H21ClN2O3. The second kappa shape index (κ2) is 7.56. The number of nitrogens with one attached hydrogen (secondary N) is 1. The van der Waals surface area contributed by atoms with Gasteiger partial charge < -0.3 is 14.8 Å². The quantitative estimate of drug-likeness (QED) is 0.893. The maximum atomic E-state index is 12.5. The number of nitrogens with zero attached hydrogens (tertiary/aromatic N) is 1. The van der Waals surface area contributed by atoms with Gasteiger partial charge in [0.05, 0.1) is 0 Å². The molecule has 2 aromatic carbocycles. The second-order valence-corrected chi connectivity index (χ2v) is 7.15. The number of fused-ring (bicyclic) bond motifs is 1. The summed E-state index contributed by atoms with van der Waals surface area (Å²) in [5.41, 5.74) is 1.87. The first-order valence-electron chi connectivity index (χ1n) is 8.85. The minimum Gasteiger partial charge on any atom is -0.454 e. The molecule has 5 nitrogen and oxygen atoms in total. The summed E-state index contributed by atoms with van der Waals surface area (Å²) in [6, 6.07) is 13.5. The van der Waals surface area contributed by atoms with Crippen LogP contribution in [-0.4, -0.2) is 36.7 Å². The average Bonchev–Trinajstić information content (AvgIpc) is 3.13. The van der Waals surface area contributed by atoms with E-state index in [0.29, 0.717) is 17.1 Å². The number of carbonyl (C=O) groups excluding carboxylic acids is 1. The molecule has 0 saturated carbocycles. The highest BCUT2D eigenvalue weighted by atomic mass is 35.5. The Morgan fingerprint density at radius 3 is 2.58 bits per heavy atom. The van der Waals surface area contributed by atoms with E-state index in [1.807, 2.05) is 12.1 Å². The summed E-state index contributed by atoms with van der Waals surface area (Å²) in [6.07, 6.45) is 1.90. The van der Waals surface area contributed by atoms with Gasteiger partial charge in [-0.05, 0) is 48.7 Å². The van der Waals surface area contributed by atoms with Crippen LogP contribution < -0.4 is 14.8 Å². The zero-order valence-electron chi connectivity index (χ0n) is 14.4. The monoisotopic (exact) mass is 372 g/mol. The van der Waals surface area contributed by atoms with Crippen LogP contribution in [0.15, 0.2) is 42.5 Å². The Labute approximate surface area is 157 Å². The number of hydrogen-bond acceptors (Lipinski definition) is 4. The lowest BCUT2D eigenvalue weighted by Crippen LogP contribution is -2.44. The minimum absolute atomic E-state index is 0.0561. The molecule has 0 radical (unpaired) electrons. The van der Waals surface area contributed by atoms with Gasteiger partial charge in [0.2, 0.25) is 6.79 Å². The largest absolute Gasteiger partial charge is 0.454 e. The highest BCUT2D eigenvalue weighted by Gasteiger charge is 2.22. The number of ether oxygens (including phenoxy) is 2. The normalized spacial score (nSPS) is 17.3. The van der Waals surface area contributed by atoms with E-state index in [2.05, 4.69) is 22.3 Å². The van der Waals surface area contributed by atoms with E-state index >= 15 is 0 Å². The maximum absolute atomic E-state index is 12.5. The maximum Gasteiger partial charge on any atom is 0.251 e. The summed E-state index contributed by atoms with van der Waals surface area (Å²) < 4.78 is 10.6. The van der Waals surface area contributed by atoms with Crippen LogP contribution in [0.1, 0.15) is 28.8 Å². The molecule has 0 bridgehead atoms. The van der Waals surface area contributed by atoms with Crippen molar-refractivity contribution in [2.45, 2.75) is 25.4 Å². The fourth-order valence-corrected chi connectivity index (χ4v) is 3.52. The molecule has 2 heterocycles. The number of carbonyl (C=O) groups is 1. The Morgan fingerprint density at radius 1 is 1.08 bits per heavy atom. The number of likely N-dealkylation sites (tertiary alicyclic amines) is 1. The summed E-state index contributed by atoms with van der Waals surface area (Å²) in [7, 11) is 0. The number of rotatable bonds is 4. The number of hydrogen-bond donors (Lipinski definition) is 1. The smallest absolute Gasteiger partial charge is 0.251 e. The van der Waals surface area contributed by atoms with Crippen LogP contribution in [0.4, 0.5) is 0 Å². The van der Waals surface area contributed by atoms with Crippen LogP contribution in [0.3, 0.4) is 0 Å². The summed E-state index contributed by atoms with van der Waals surface area (Å²) in [5.74, 6) is 1.27. The Bertz CT molecular complexity index is 786. The summed E-state index contributed by atoms with van der Waals surface area (Å²) in [6.45, 7) is 3.07. The molecular weight excluding hydrogens is 352 g/mol. The molecule has 26 heavy (non-hydrogen) atoms. The van der Waals surface area contributed by atoms with E-state index < -0.39 is 0 Å². The van der Waals surface area contributed by atoms with Crippen molar-refractivity contribution in [2.75, 3.05) is 19.9 Å². The first kappa shape index (κ1) is 17.2. The van der Waals surface area contributed by atoms with Gasteiger partial charge in [-0.3, -0.25) is 9.69 Å². The van der Waals surface area contributed by atoms with Gasteiger partial charge in [-0.2, -0.15) is 0 Å². The average molecular weight is 373 g/mol. The summed E-state index contributed by atoms with van der Waals surface area (Å²) >= 11 is 5.94. The highest BCUT2D eigenvalue weighted by Crippen LogP contribution is 2.32. The number of halogens is 1. The van der Waals surface area contributed by atoms with Crippen LogP contribution in [0, 0.1) is 0 Å². The van der Waals surface area contributed by atoms with Gasteiger partial charge in [0.25, 0.3) is 5.91 Å². The molecule has 1 N–H and O–H groups in total. The minimum atomic E-state index is -0.0561. The van der Waals surface area contributed by atoms with Gasteiger partial charge in [-0.25, -0.2) is 0 Å². The van der Waals surface area contributed by atoms with E-state index in [1.54, 1.807) is 18.2 Å². The molecule has 6 heteroatoms. The van der Waals surface area contributed by atoms with Crippen LogP contribution in [-0.2, 0) is 6.54 Å². The SMILES string of the molecule is O=C(NC1CCN(Cc2ccc(Cl)cc2)CC1)c1ccc2c(c1)OCO2. The van der Waals surface area contributed by atoms with E-state index in [-0.39, 0.29) is 18.7 Å². The molecule has 1 amide bonds. The van der Waals surface area contributed by atoms with Crippen LogP contribution in [0.5, 0.6) is 11.5 Å². The Hall–Kier alpha value is -2.24. The van der Waals surface area contributed by atoms with Crippen molar-refractivity contribution < 1.29 is 14.3 Å². The first-order chi connectivity index (χ1) is 12.7. The van der Waals surface area contributed by atoms with Gasteiger partial charge in [0.15, 0.2) is 11.5 Å². The third kappa shape index (κ3) is 3.94. The summed E-state index contributed by atoms with van der Waals surface area (Å²) in [5, 5.41) is 3.90. The molecule has 0 aliphatic carbocycles. The molecule has 0 unspecified atom stereocenters. The predicted octanol–water partition coefficient (Wildman–Crippen LogP) is 3.46. The summed E-state index contributed by atoms with van der Waals surface area (Å²) in [4.78, 5) is 14.9. The molecule has 4 rings (SSSR count). The molecule has 0 atom stereocenters. The topological polar surface area (TPSA) is 50.8 Å². The van der Waals surface area contributed by atoms with Crippen molar-refractivity contribution >= 4 is 17.5 Å². The van der Waals surface area contributed by atoms with Gasteiger partial charge in [-0.15, -0.1) is 0 Å². The molecule has 2 aliphatic heterocycles.